The minimum atomic E-state index is 0. The first kappa shape index (κ1) is 23.7. The van der Waals surface area contributed by atoms with Crippen LogP contribution in [0.1, 0.15) is 32.2 Å². The predicted octanol–water partition coefficient (Wildman–Crippen LogP) is 3.55. The van der Waals surface area contributed by atoms with Crippen molar-refractivity contribution in [1.29, 1.82) is 0 Å². The third-order valence-corrected chi connectivity index (χ3v) is 4.42. The second-order valence-corrected chi connectivity index (χ2v) is 7.55. The summed E-state index contributed by atoms with van der Waals surface area (Å²) >= 11 is 6.09. The Morgan fingerprint density at radius 2 is 2.07 bits per heavy atom. The lowest BCUT2D eigenvalue weighted by molar-refractivity contribution is 0.359. The van der Waals surface area contributed by atoms with Gasteiger partial charge in [-0.15, -0.1) is 34.2 Å². The van der Waals surface area contributed by atoms with Crippen LogP contribution in [-0.2, 0) is 19.4 Å². The lowest BCUT2D eigenvalue weighted by Crippen LogP contribution is -2.43. The highest BCUT2D eigenvalue weighted by atomic mass is 127. The van der Waals surface area contributed by atoms with E-state index in [9.17, 15) is 0 Å². The largest absolute Gasteiger partial charge is 0.356 e. The first-order chi connectivity index (χ1) is 12.4. The van der Waals surface area contributed by atoms with Crippen LogP contribution in [0.5, 0.6) is 0 Å². The van der Waals surface area contributed by atoms with E-state index in [0.29, 0.717) is 0 Å². The van der Waals surface area contributed by atoms with Crippen LogP contribution < -0.4 is 10.6 Å². The van der Waals surface area contributed by atoms with E-state index in [4.69, 9.17) is 11.6 Å². The minimum Gasteiger partial charge on any atom is -0.356 e. The monoisotopic (exact) mass is 504 g/mol. The fourth-order valence-corrected chi connectivity index (χ4v) is 3.05. The Kier molecular flexibility index (Phi) is 10.1. The Morgan fingerprint density at radius 1 is 1.30 bits per heavy atom. The molecule has 1 aromatic carbocycles. The summed E-state index contributed by atoms with van der Waals surface area (Å²) in [4.78, 5) is 4.31. The third-order valence-electron chi connectivity index (χ3n) is 4.19. The van der Waals surface area contributed by atoms with E-state index in [0.717, 1.165) is 49.3 Å². The second-order valence-electron chi connectivity index (χ2n) is 7.12. The van der Waals surface area contributed by atoms with Gasteiger partial charge in [-0.05, 0) is 29.5 Å². The molecule has 0 bridgehead atoms. The van der Waals surface area contributed by atoms with Crippen molar-refractivity contribution in [3.05, 3.63) is 47.0 Å². The molecule has 0 atom stereocenters. The zero-order valence-electron chi connectivity index (χ0n) is 16.5. The predicted molar refractivity (Wildman–Crippen MR) is 123 cm³/mol. The van der Waals surface area contributed by atoms with Crippen LogP contribution in [0, 0.1) is 5.41 Å². The minimum absolute atomic E-state index is 0. The number of nitrogens with one attached hydrogen (secondary N) is 2. The molecule has 2 N–H and O–H groups in total. The van der Waals surface area contributed by atoms with E-state index >= 15 is 0 Å². The van der Waals surface area contributed by atoms with Gasteiger partial charge in [0.25, 0.3) is 0 Å². The lowest BCUT2D eigenvalue weighted by atomic mass is 9.86. The van der Waals surface area contributed by atoms with Gasteiger partial charge in [0.2, 0.25) is 0 Å². The Labute approximate surface area is 184 Å². The number of hydrogen-bond acceptors (Lipinski definition) is 3. The van der Waals surface area contributed by atoms with Crippen LogP contribution >= 0.6 is 35.6 Å². The van der Waals surface area contributed by atoms with Gasteiger partial charge in [-0.1, -0.05) is 44.5 Å². The Bertz CT molecular complexity index is 728. The molecule has 150 valence electrons. The standard InChI is InChI=1S/C19H29ClN6.HI/c1-5-17-25-24-14-26(17)10-9-22-18(21-4)23-13-19(2,3)12-15-7-6-8-16(20)11-15;/h6-8,11,14H,5,9-10,12-13H2,1-4H3,(H2,21,22,23);1H. The molecule has 0 amide bonds. The molecular weight excluding hydrogens is 475 g/mol. The van der Waals surface area contributed by atoms with Crippen LogP contribution in [0.4, 0.5) is 0 Å². The van der Waals surface area contributed by atoms with Gasteiger partial charge < -0.3 is 15.2 Å². The fraction of sp³-hybridized carbons (Fsp3) is 0.526. The number of halogens is 2. The van der Waals surface area contributed by atoms with E-state index in [1.165, 1.54) is 5.56 Å². The highest BCUT2D eigenvalue weighted by Crippen LogP contribution is 2.22. The SMILES string of the molecule is CCc1nncn1CCNC(=NC)NCC(C)(C)Cc1cccc(Cl)c1.I. The van der Waals surface area contributed by atoms with Crippen molar-refractivity contribution in [2.45, 2.75) is 40.2 Å². The molecule has 27 heavy (non-hydrogen) atoms. The molecule has 0 spiro atoms. The van der Waals surface area contributed by atoms with Gasteiger partial charge in [-0.3, -0.25) is 4.99 Å². The maximum absolute atomic E-state index is 6.09. The third kappa shape index (κ3) is 8.04. The van der Waals surface area contributed by atoms with Crippen LogP contribution in [0.15, 0.2) is 35.6 Å². The molecule has 0 aliphatic carbocycles. The van der Waals surface area contributed by atoms with Gasteiger partial charge in [0.05, 0.1) is 0 Å². The summed E-state index contributed by atoms with van der Waals surface area (Å²) in [5.74, 6) is 1.80. The highest BCUT2D eigenvalue weighted by molar-refractivity contribution is 14.0. The van der Waals surface area contributed by atoms with Crippen LogP contribution in [0.25, 0.3) is 0 Å². The van der Waals surface area contributed by atoms with E-state index < -0.39 is 0 Å². The van der Waals surface area contributed by atoms with Crippen molar-refractivity contribution in [2.24, 2.45) is 10.4 Å². The van der Waals surface area contributed by atoms with Crippen LogP contribution in [-0.4, -0.2) is 40.9 Å². The molecule has 0 unspecified atom stereocenters. The summed E-state index contributed by atoms with van der Waals surface area (Å²) in [7, 11) is 1.79. The van der Waals surface area contributed by atoms with Crippen molar-refractivity contribution in [2.75, 3.05) is 20.1 Å². The van der Waals surface area contributed by atoms with Crippen molar-refractivity contribution in [1.82, 2.24) is 25.4 Å². The fourth-order valence-electron chi connectivity index (χ4n) is 2.84. The number of guanidine groups is 1. The van der Waals surface area contributed by atoms with Crippen molar-refractivity contribution in [3.63, 3.8) is 0 Å². The van der Waals surface area contributed by atoms with Crippen molar-refractivity contribution >= 4 is 41.5 Å². The summed E-state index contributed by atoms with van der Waals surface area (Å²) in [5, 5.41) is 15.6. The first-order valence-corrected chi connectivity index (χ1v) is 9.37. The zero-order chi connectivity index (χ0) is 19.0. The molecule has 0 radical (unpaired) electrons. The topological polar surface area (TPSA) is 67.1 Å². The Hall–Kier alpha value is -1.35. The van der Waals surface area contributed by atoms with Crippen molar-refractivity contribution < 1.29 is 0 Å². The summed E-state index contributed by atoms with van der Waals surface area (Å²) in [6, 6.07) is 8.05. The van der Waals surface area contributed by atoms with Crippen LogP contribution in [0.2, 0.25) is 5.02 Å². The average molecular weight is 505 g/mol. The van der Waals surface area contributed by atoms with E-state index in [1.54, 1.807) is 13.4 Å². The Balaban J connectivity index is 0.00000364. The molecular formula is C19H30ClIN6. The molecule has 0 aliphatic rings. The number of aliphatic imine (C=N–C) groups is 1. The van der Waals surface area contributed by atoms with E-state index in [1.807, 2.05) is 18.2 Å². The molecule has 0 fully saturated rings. The summed E-state index contributed by atoms with van der Waals surface area (Å²) in [6.07, 6.45) is 3.59. The van der Waals surface area contributed by atoms with Gasteiger partial charge >= 0.3 is 0 Å². The Morgan fingerprint density at radius 3 is 2.74 bits per heavy atom. The maximum atomic E-state index is 6.09. The number of rotatable bonds is 8. The van der Waals surface area contributed by atoms with Gasteiger partial charge in [-0.2, -0.15) is 0 Å². The normalized spacial score (nSPS) is 11.8. The molecule has 0 saturated carbocycles. The number of hydrogen-bond donors (Lipinski definition) is 2. The molecule has 2 aromatic rings. The smallest absolute Gasteiger partial charge is 0.191 e. The highest BCUT2D eigenvalue weighted by Gasteiger charge is 2.19. The van der Waals surface area contributed by atoms with Gasteiger partial charge in [0, 0.05) is 38.1 Å². The lowest BCUT2D eigenvalue weighted by Gasteiger charge is -2.26. The number of aryl methyl sites for hydroxylation is 1. The molecule has 6 nitrogen and oxygen atoms in total. The number of benzene rings is 1. The molecule has 2 rings (SSSR count). The molecule has 1 aromatic heterocycles. The maximum Gasteiger partial charge on any atom is 0.191 e. The van der Waals surface area contributed by atoms with Gasteiger partial charge in [-0.25, -0.2) is 0 Å². The van der Waals surface area contributed by atoms with Gasteiger partial charge in [0.15, 0.2) is 5.96 Å². The average Bonchev–Trinajstić information content (AvgIpc) is 3.05. The summed E-state index contributed by atoms with van der Waals surface area (Å²) < 4.78 is 2.06. The molecule has 1 heterocycles. The van der Waals surface area contributed by atoms with E-state index in [-0.39, 0.29) is 29.4 Å². The van der Waals surface area contributed by atoms with Crippen molar-refractivity contribution in [3.8, 4) is 0 Å². The van der Waals surface area contributed by atoms with E-state index in [2.05, 4.69) is 57.2 Å². The quantitative estimate of drug-likeness (QED) is 0.328. The summed E-state index contributed by atoms with van der Waals surface area (Å²) in [5.41, 5.74) is 1.32. The molecule has 8 heteroatoms. The number of aromatic nitrogens is 3. The molecule has 0 saturated heterocycles. The molecule has 0 aliphatic heterocycles. The second kappa shape index (κ2) is 11.5. The summed E-state index contributed by atoms with van der Waals surface area (Å²) in [6.45, 7) is 8.93. The number of nitrogens with zero attached hydrogens (tertiary/aromatic N) is 4. The first-order valence-electron chi connectivity index (χ1n) is 8.99. The zero-order valence-corrected chi connectivity index (χ0v) is 19.6. The van der Waals surface area contributed by atoms with Gasteiger partial charge in [0.1, 0.15) is 12.2 Å². The van der Waals surface area contributed by atoms with Crippen LogP contribution in [0.3, 0.4) is 0 Å².